The second-order valence-electron chi connectivity index (χ2n) is 6.59. The normalized spacial score (nSPS) is 15.8. The minimum atomic E-state index is -1.14. The summed E-state index contributed by atoms with van der Waals surface area (Å²) in [5.74, 6) is -1.52. The summed E-state index contributed by atoms with van der Waals surface area (Å²) < 4.78 is 20.1. The maximum atomic E-state index is 14.6. The molecule has 0 aromatic heterocycles. The first kappa shape index (κ1) is 19.3. The number of hydrogen-bond donors (Lipinski definition) is 2. The van der Waals surface area contributed by atoms with Crippen molar-refractivity contribution in [2.24, 2.45) is 0 Å². The lowest BCUT2D eigenvalue weighted by molar-refractivity contribution is -0.142. The Bertz CT molecular complexity index is 827. The molecule has 1 amide bonds. The average molecular weight is 392 g/mol. The topological polar surface area (TPSA) is 75.6 Å². The molecule has 0 saturated heterocycles. The van der Waals surface area contributed by atoms with Crippen molar-refractivity contribution < 1.29 is 23.9 Å². The summed E-state index contributed by atoms with van der Waals surface area (Å²) in [5.41, 5.74) is 0.791. The smallest absolute Gasteiger partial charge is 0.322 e. The molecule has 1 fully saturated rings. The Kier molecular flexibility index (Phi) is 5.77. The highest BCUT2D eigenvalue weighted by atomic mass is 35.5. The van der Waals surface area contributed by atoms with Crippen LogP contribution in [0, 0.1) is 5.82 Å². The van der Waals surface area contributed by atoms with Gasteiger partial charge in [0, 0.05) is 16.1 Å². The van der Waals surface area contributed by atoms with Gasteiger partial charge in [0.25, 0.3) is 5.91 Å². The highest BCUT2D eigenvalue weighted by molar-refractivity contribution is 6.31. The number of halogens is 2. The average Bonchev–Trinajstić information content (AvgIpc) is 2.68. The quantitative estimate of drug-likeness (QED) is 0.350. The van der Waals surface area contributed by atoms with Gasteiger partial charge in [0.05, 0.1) is 5.41 Å². The van der Waals surface area contributed by atoms with Gasteiger partial charge in [-0.1, -0.05) is 36.9 Å². The molecular formula is C20H19ClFNO4. The lowest BCUT2D eigenvalue weighted by Gasteiger charge is -2.36. The molecular weight excluding hydrogens is 373 g/mol. The summed E-state index contributed by atoms with van der Waals surface area (Å²) in [6.07, 6.45) is 3.42. The summed E-state index contributed by atoms with van der Waals surface area (Å²) in [5, 5.41) is 8.86. The molecule has 27 heavy (non-hydrogen) atoms. The van der Waals surface area contributed by atoms with Crippen LogP contribution in [0.5, 0.6) is 5.75 Å². The maximum absolute atomic E-state index is 14.6. The Hall–Kier alpha value is -2.44. The number of carbonyl (C=O) groups excluding carboxylic acids is 2. The molecule has 0 atom stereocenters. The van der Waals surface area contributed by atoms with Gasteiger partial charge in [-0.05, 0) is 49.2 Å². The molecule has 1 aliphatic carbocycles. The first-order valence-electron chi connectivity index (χ1n) is 8.69. The van der Waals surface area contributed by atoms with Crippen molar-refractivity contribution in [1.29, 1.82) is 0 Å². The van der Waals surface area contributed by atoms with E-state index in [1.54, 1.807) is 6.07 Å². The third-order valence-electron chi connectivity index (χ3n) is 4.97. The van der Waals surface area contributed by atoms with Crippen molar-refractivity contribution in [1.82, 2.24) is 5.48 Å². The summed E-state index contributed by atoms with van der Waals surface area (Å²) in [7, 11) is 0. The number of rotatable bonds is 4. The second kappa shape index (κ2) is 8.06. The zero-order chi connectivity index (χ0) is 19.4. The molecule has 2 aromatic carbocycles. The van der Waals surface area contributed by atoms with Gasteiger partial charge < -0.3 is 4.74 Å². The van der Waals surface area contributed by atoms with Crippen LogP contribution in [0.4, 0.5) is 4.39 Å². The molecule has 1 aliphatic rings. The van der Waals surface area contributed by atoms with Gasteiger partial charge >= 0.3 is 5.97 Å². The van der Waals surface area contributed by atoms with Crippen LogP contribution in [0.1, 0.15) is 48.0 Å². The van der Waals surface area contributed by atoms with Crippen LogP contribution in [0.25, 0.3) is 0 Å². The van der Waals surface area contributed by atoms with E-state index in [9.17, 15) is 14.0 Å². The number of benzene rings is 2. The summed E-state index contributed by atoms with van der Waals surface area (Å²) >= 11 is 6.26. The van der Waals surface area contributed by atoms with E-state index >= 15 is 0 Å². The van der Waals surface area contributed by atoms with Crippen LogP contribution >= 0.6 is 11.6 Å². The Morgan fingerprint density at radius 1 is 1.07 bits per heavy atom. The molecule has 0 spiro atoms. The van der Waals surface area contributed by atoms with E-state index in [0.29, 0.717) is 12.8 Å². The van der Waals surface area contributed by atoms with Crippen molar-refractivity contribution in [3.63, 3.8) is 0 Å². The van der Waals surface area contributed by atoms with E-state index in [-0.39, 0.29) is 21.9 Å². The lowest BCUT2D eigenvalue weighted by Crippen LogP contribution is -2.42. The molecule has 7 heteroatoms. The highest BCUT2D eigenvalue weighted by Gasteiger charge is 2.46. The Labute approximate surface area is 161 Å². The highest BCUT2D eigenvalue weighted by Crippen LogP contribution is 2.44. The van der Waals surface area contributed by atoms with Crippen LogP contribution in [0.15, 0.2) is 42.5 Å². The van der Waals surface area contributed by atoms with E-state index in [4.69, 9.17) is 21.5 Å². The van der Waals surface area contributed by atoms with Gasteiger partial charge in [-0.15, -0.1) is 0 Å². The maximum Gasteiger partial charge on any atom is 0.322 e. The molecule has 2 aromatic rings. The fourth-order valence-electron chi connectivity index (χ4n) is 3.61. The van der Waals surface area contributed by atoms with Gasteiger partial charge in [-0.2, -0.15) is 0 Å². The Morgan fingerprint density at radius 2 is 1.74 bits per heavy atom. The van der Waals surface area contributed by atoms with E-state index in [0.717, 1.165) is 19.3 Å². The molecule has 5 nitrogen and oxygen atoms in total. The van der Waals surface area contributed by atoms with E-state index in [1.807, 2.05) is 0 Å². The Morgan fingerprint density at radius 3 is 2.33 bits per heavy atom. The van der Waals surface area contributed by atoms with Crippen LogP contribution in [0.3, 0.4) is 0 Å². The van der Waals surface area contributed by atoms with Crippen molar-refractivity contribution >= 4 is 23.5 Å². The van der Waals surface area contributed by atoms with E-state index in [1.165, 1.54) is 41.9 Å². The third kappa shape index (κ3) is 3.82. The van der Waals surface area contributed by atoms with Crippen LogP contribution in [-0.2, 0) is 10.2 Å². The fraction of sp³-hybridized carbons (Fsp3) is 0.300. The van der Waals surface area contributed by atoms with Crippen LogP contribution in [-0.4, -0.2) is 17.1 Å². The fourth-order valence-corrected chi connectivity index (χ4v) is 3.95. The number of amides is 1. The van der Waals surface area contributed by atoms with Crippen molar-refractivity contribution in [2.45, 2.75) is 37.5 Å². The SMILES string of the molecule is O=C(NO)c1ccc(OC(=O)C2(c3c(F)cccc3Cl)CCCCC2)cc1. The molecule has 0 radical (unpaired) electrons. The van der Waals surface area contributed by atoms with E-state index < -0.39 is 23.1 Å². The van der Waals surface area contributed by atoms with Crippen LogP contribution < -0.4 is 10.2 Å². The zero-order valence-electron chi connectivity index (χ0n) is 14.5. The zero-order valence-corrected chi connectivity index (χ0v) is 15.3. The molecule has 2 N–H and O–H groups in total. The molecule has 0 aliphatic heterocycles. The summed E-state index contributed by atoms with van der Waals surface area (Å²) in [4.78, 5) is 24.5. The predicted molar refractivity (Wildman–Crippen MR) is 97.5 cm³/mol. The first-order valence-corrected chi connectivity index (χ1v) is 9.07. The molecule has 1 saturated carbocycles. The molecule has 3 rings (SSSR count). The third-order valence-corrected chi connectivity index (χ3v) is 5.28. The minimum Gasteiger partial charge on any atom is -0.426 e. The second-order valence-corrected chi connectivity index (χ2v) is 7.00. The number of esters is 1. The van der Waals surface area contributed by atoms with Gasteiger partial charge in [-0.3, -0.25) is 14.8 Å². The first-order chi connectivity index (χ1) is 13.0. The monoisotopic (exact) mass is 391 g/mol. The molecule has 0 unspecified atom stereocenters. The predicted octanol–water partition coefficient (Wildman–Crippen LogP) is 4.41. The summed E-state index contributed by atoms with van der Waals surface area (Å²) in [6.45, 7) is 0. The molecule has 142 valence electrons. The number of carbonyl (C=O) groups is 2. The summed E-state index contributed by atoms with van der Waals surface area (Å²) in [6, 6.07) is 10.1. The minimum absolute atomic E-state index is 0.188. The van der Waals surface area contributed by atoms with Crippen molar-refractivity contribution in [3.05, 3.63) is 64.4 Å². The standard InChI is InChI=1S/C20H19ClFNO4/c21-15-5-4-6-16(22)17(15)20(11-2-1-3-12-20)19(25)27-14-9-7-13(8-10-14)18(24)23-26/h4-10,26H,1-3,11-12H2,(H,23,24). The Balaban J connectivity index is 1.92. The lowest BCUT2D eigenvalue weighted by atomic mass is 9.69. The largest absolute Gasteiger partial charge is 0.426 e. The number of hydrogen-bond acceptors (Lipinski definition) is 4. The molecule has 0 bridgehead atoms. The number of hydroxylamine groups is 1. The van der Waals surface area contributed by atoms with Gasteiger partial charge in [-0.25, -0.2) is 9.87 Å². The van der Waals surface area contributed by atoms with E-state index in [2.05, 4.69) is 0 Å². The van der Waals surface area contributed by atoms with Gasteiger partial charge in [0.1, 0.15) is 11.6 Å². The molecule has 0 heterocycles. The number of ether oxygens (including phenoxy) is 1. The van der Waals surface area contributed by atoms with Crippen molar-refractivity contribution in [3.8, 4) is 5.75 Å². The van der Waals surface area contributed by atoms with Gasteiger partial charge in [0.15, 0.2) is 0 Å². The van der Waals surface area contributed by atoms with Crippen molar-refractivity contribution in [2.75, 3.05) is 0 Å². The van der Waals surface area contributed by atoms with Gasteiger partial charge in [0.2, 0.25) is 0 Å². The van der Waals surface area contributed by atoms with Crippen LogP contribution in [0.2, 0.25) is 5.02 Å². The number of nitrogens with one attached hydrogen (secondary N) is 1.